The average Bonchev–Trinajstić information content (AvgIpc) is 1.82. The summed E-state index contributed by atoms with van der Waals surface area (Å²) in [5, 5.41) is 6.90. The Bertz CT molecular complexity index is 186. The van der Waals surface area contributed by atoms with Crippen LogP contribution >= 0.6 is 0 Å². The van der Waals surface area contributed by atoms with Gasteiger partial charge in [0.25, 0.3) is 6.41 Å². The highest BCUT2D eigenvalue weighted by Crippen LogP contribution is 1.73. The molecule has 3 N–H and O–H groups in total. The molecule has 0 aromatic carbocycles. The second-order valence-electron chi connectivity index (χ2n) is 1.12. The number of nitrogens with one attached hydrogen (secondary N) is 1. The number of primary amides is 1. The van der Waals surface area contributed by atoms with Crippen molar-refractivity contribution in [3.8, 4) is 0 Å². The molecule has 0 fully saturated rings. The molecule has 0 aromatic heterocycles. The van der Waals surface area contributed by atoms with E-state index in [4.69, 9.17) is 0 Å². The fraction of sp³-hybridized carbons (Fsp3) is 0. The second-order valence-corrected chi connectivity index (χ2v) is 1.12. The molecule has 7 nitrogen and oxygen atoms in total. The predicted octanol–water partition coefficient (Wildman–Crippen LogP) is -0.617. The first-order valence-electron chi connectivity index (χ1n) is 2.11. The molecule has 0 bridgehead atoms. The molecule has 0 spiro atoms. The molecule has 7 heteroatoms. The third-order valence-corrected chi connectivity index (χ3v) is 0.426. The van der Waals surface area contributed by atoms with Gasteiger partial charge in [0, 0.05) is 0 Å². The lowest BCUT2D eigenvalue weighted by molar-refractivity contribution is -0.107. The van der Waals surface area contributed by atoms with Gasteiger partial charge in [-0.05, 0) is 0 Å². The van der Waals surface area contributed by atoms with E-state index < -0.39 is 12.1 Å². The second kappa shape index (κ2) is 4.13. The molecule has 0 aliphatic heterocycles. The van der Waals surface area contributed by atoms with Gasteiger partial charge in [0.1, 0.15) is 0 Å². The van der Waals surface area contributed by atoms with Gasteiger partial charge in [-0.15, -0.1) is 5.11 Å². The Morgan fingerprint density at radius 3 is 2.50 bits per heavy atom. The fourth-order valence-corrected chi connectivity index (χ4v) is 0.206. The number of amides is 5. The van der Waals surface area contributed by atoms with Crippen molar-refractivity contribution >= 4 is 18.5 Å². The minimum absolute atomic E-state index is 0.0561. The fourth-order valence-electron chi connectivity index (χ4n) is 0.206. The van der Waals surface area contributed by atoms with Gasteiger partial charge in [0.2, 0.25) is 0 Å². The Labute approximate surface area is 55.3 Å². The summed E-state index contributed by atoms with van der Waals surface area (Å²) >= 11 is 0. The van der Waals surface area contributed by atoms with E-state index in [0.717, 1.165) is 0 Å². The summed E-state index contributed by atoms with van der Waals surface area (Å²) in [7, 11) is 0. The third-order valence-electron chi connectivity index (χ3n) is 0.426. The van der Waals surface area contributed by atoms with Crippen LogP contribution in [-0.2, 0) is 4.79 Å². The van der Waals surface area contributed by atoms with Crippen molar-refractivity contribution in [1.29, 1.82) is 0 Å². The zero-order valence-corrected chi connectivity index (χ0v) is 4.77. The monoisotopic (exact) mass is 144 g/mol. The zero-order chi connectivity index (χ0) is 7.98. The number of urea groups is 2. The van der Waals surface area contributed by atoms with E-state index in [9.17, 15) is 14.4 Å². The molecule has 0 aliphatic carbocycles. The van der Waals surface area contributed by atoms with Crippen LogP contribution < -0.4 is 11.1 Å². The normalized spacial score (nSPS) is 9.20. The number of azo groups is 1. The molecule has 54 valence electrons. The van der Waals surface area contributed by atoms with Crippen molar-refractivity contribution in [1.82, 2.24) is 5.32 Å². The van der Waals surface area contributed by atoms with Gasteiger partial charge >= 0.3 is 12.1 Å². The summed E-state index contributed by atoms with van der Waals surface area (Å²) in [6, 6.07) is -2.12. The quantitative estimate of drug-likeness (QED) is 0.377. The standard InChI is InChI=1S/C3H4N4O3/c4-2(9)6-3(10)7-5-1-8/h1H,(H3,4,6,9,10). The van der Waals surface area contributed by atoms with Gasteiger partial charge in [-0.2, -0.15) is 0 Å². The Morgan fingerprint density at radius 1 is 1.50 bits per heavy atom. The SMILES string of the molecule is NC(=O)NC(=O)N=NC=O. The van der Waals surface area contributed by atoms with E-state index in [0.29, 0.717) is 0 Å². The largest absolute Gasteiger partial charge is 0.367 e. The van der Waals surface area contributed by atoms with E-state index >= 15 is 0 Å². The van der Waals surface area contributed by atoms with E-state index in [1.54, 1.807) is 5.32 Å². The minimum Gasteiger partial charge on any atom is -0.351 e. The summed E-state index contributed by atoms with van der Waals surface area (Å²) < 4.78 is 0. The lowest BCUT2D eigenvalue weighted by atomic mass is 10.9. The van der Waals surface area contributed by atoms with Crippen LogP contribution in [0, 0.1) is 0 Å². The lowest BCUT2D eigenvalue weighted by Gasteiger charge is -1.88. The summed E-state index contributed by atoms with van der Waals surface area (Å²) in [6.07, 6.45) is 0.0561. The van der Waals surface area contributed by atoms with Gasteiger partial charge < -0.3 is 5.73 Å². The Hall–Kier alpha value is -1.79. The lowest BCUT2D eigenvalue weighted by Crippen LogP contribution is -2.32. The van der Waals surface area contributed by atoms with Crippen LogP contribution in [0.3, 0.4) is 0 Å². The molecule has 0 aromatic rings. The Morgan fingerprint density at radius 2 is 2.10 bits per heavy atom. The summed E-state index contributed by atoms with van der Waals surface area (Å²) in [4.78, 5) is 29.5. The van der Waals surface area contributed by atoms with E-state index in [1.807, 2.05) is 0 Å². The molecule has 10 heavy (non-hydrogen) atoms. The first kappa shape index (κ1) is 8.21. The molecule has 0 saturated carbocycles. The van der Waals surface area contributed by atoms with Gasteiger partial charge in [-0.3, -0.25) is 10.1 Å². The van der Waals surface area contributed by atoms with E-state index in [2.05, 4.69) is 16.0 Å². The van der Waals surface area contributed by atoms with Gasteiger partial charge in [-0.25, -0.2) is 9.59 Å². The van der Waals surface area contributed by atoms with Crippen LogP contribution in [0.2, 0.25) is 0 Å². The number of nitrogens with zero attached hydrogens (tertiary/aromatic N) is 2. The number of hydrogen-bond acceptors (Lipinski definition) is 3. The predicted molar refractivity (Wildman–Crippen MR) is 29.0 cm³/mol. The minimum atomic E-state index is -1.07. The van der Waals surface area contributed by atoms with Crippen molar-refractivity contribution in [3.05, 3.63) is 0 Å². The van der Waals surface area contributed by atoms with Crippen LogP contribution in [0.15, 0.2) is 10.2 Å². The van der Waals surface area contributed by atoms with Crippen LogP contribution in [-0.4, -0.2) is 18.5 Å². The van der Waals surface area contributed by atoms with E-state index in [1.165, 1.54) is 0 Å². The Balaban J connectivity index is 3.75. The first-order chi connectivity index (χ1) is 4.66. The molecule has 0 heterocycles. The molecular formula is C3H4N4O3. The molecule has 0 unspecified atom stereocenters. The van der Waals surface area contributed by atoms with E-state index in [-0.39, 0.29) is 6.41 Å². The van der Waals surface area contributed by atoms with Crippen LogP contribution in [0.25, 0.3) is 0 Å². The van der Waals surface area contributed by atoms with Gasteiger partial charge in [-0.1, -0.05) is 5.11 Å². The number of nitrogens with two attached hydrogens (primary N) is 1. The number of hydrogen-bond donors (Lipinski definition) is 2. The molecule has 0 radical (unpaired) electrons. The molecule has 0 atom stereocenters. The van der Waals surface area contributed by atoms with Crippen LogP contribution in [0.5, 0.6) is 0 Å². The maximum atomic E-state index is 10.2. The molecule has 0 rings (SSSR count). The molecular weight excluding hydrogens is 140 g/mol. The highest BCUT2D eigenvalue weighted by molar-refractivity contribution is 5.92. The highest BCUT2D eigenvalue weighted by atomic mass is 16.2. The summed E-state index contributed by atoms with van der Waals surface area (Å²) in [6.45, 7) is 0. The van der Waals surface area contributed by atoms with Crippen molar-refractivity contribution < 1.29 is 14.4 Å². The molecule has 0 saturated heterocycles. The highest BCUT2D eigenvalue weighted by Gasteiger charge is 1.98. The molecule has 5 amide bonds. The maximum Gasteiger partial charge on any atom is 0.367 e. The topological polar surface area (TPSA) is 114 Å². The van der Waals surface area contributed by atoms with Crippen LogP contribution in [0.4, 0.5) is 9.59 Å². The maximum absolute atomic E-state index is 10.2. The average molecular weight is 144 g/mol. The van der Waals surface area contributed by atoms with Crippen molar-refractivity contribution in [2.45, 2.75) is 0 Å². The van der Waals surface area contributed by atoms with Crippen molar-refractivity contribution in [2.24, 2.45) is 16.0 Å². The van der Waals surface area contributed by atoms with Crippen molar-refractivity contribution in [2.75, 3.05) is 0 Å². The smallest absolute Gasteiger partial charge is 0.351 e. The summed E-state index contributed by atoms with van der Waals surface area (Å²) in [5.41, 5.74) is 4.50. The first-order valence-corrected chi connectivity index (χ1v) is 2.11. The van der Waals surface area contributed by atoms with Crippen molar-refractivity contribution in [3.63, 3.8) is 0 Å². The summed E-state index contributed by atoms with van der Waals surface area (Å²) in [5.74, 6) is 0. The van der Waals surface area contributed by atoms with Gasteiger partial charge in [0.15, 0.2) is 0 Å². The van der Waals surface area contributed by atoms with Crippen LogP contribution in [0.1, 0.15) is 0 Å². The third kappa shape index (κ3) is 4.37. The Kier molecular flexibility index (Phi) is 3.39. The molecule has 0 aliphatic rings. The zero-order valence-electron chi connectivity index (χ0n) is 4.77. The number of rotatable bonds is 1. The number of carbonyl (C=O) groups excluding carboxylic acids is 3. The number of imide groups is 1. The number of carbonyl (C=O) groups is 3. The van der Waals surface area contributed by atoms with Gasteiger partial charge in [0.05, 0.1) is 0 Å².